The van der Waals surface area contributed by atoms with Crippen LogP contribution in [0.4, 0.5) is 11.6 Å². The van der Waals surface area contributed by atoms with Crippen molar-refractivity contribution in [2.45, 2.75) is 46.5 Å². The molecule has 1 aromatic heterocycles. The summed E-state index contributed by atoms with van der Waals surface area (Å²) in [5, 5.41) is 0. The van der Waals surface area contributed by atoms with Crippen molar-refractivity contribution in [1.29, 1.82) is 0 Å². The van der Waals surface area contributed by atoms with Crippen LogP contribution in [0.5, 0.6) is 0 Å². The van der Waals surface area contributed by atoms with E-state index in [1.807, 2.05) is 0 Å². The van der Waals surface area contributed by atoms with E-state index in [1.54, 1.807) is 6.33 Å². The third-order valence-electron chi connectivity index (χ3n) is 3.93. The second-order valence-electron chi connectivity index (χ2n) is 5.91. The number of rotatable bonds is 6. The van der Waals surface area contributed by atoms with Crippen LogP contribution < -0.4 is 9.80 Å². The van der Waals surface area contributed by atoms with Gasteiger partial charge in [-0.05, 0) is 31.6 Å². The van der Waals surface area contributed by atoms with Gasteiger partial charge >= 0.3 is 0 Å². The minimum Gasteiger partial charge on any atom is -0.356 e. The Hall–Kier alpha value is -1.32. The highest BCUT2D eigenvalue weighted by Crippen LogP contribution is 2.23. The van der Waals surface area contributed by atoms with E-state index in [0.717, 1.165) is 56.6 Å². The monoisotopic (exact) mass is 276 g/mol. The molecule has 112 valence electrons. The van der Waals surface area contributed by atoms with E-state index in [-0.39, 0.29) is 0 Å². The first-order valence-electron chi connectivity index (χ1n) is 8.06. The van der Waals surface area contributed by atoms with Gasteiger partial charge in [-0.25, -0.2) is 9.97 Å². The van der Waals surface area contributed by atoms with E-state index in [2.05, 4.69) is 46.6 Å². The Labute approximate surface area is 123 Å². The minimum absolute atomic E-state index is 0.768. The standard InChI is InChI=1S/C16H28N4/c1-4-8-19(9-5-2)15-11-16(18-13-17-15)20-10-6-7-14(3)12-20/h11,13-14H,4-10,12H2,1-3H3. The van der Waals surface area contributed by atoms with E-state index < -0.39 is 0 Å². The second-order valence-corrected chi connectivity index (χ2v) is 5.91. The van der Waals surface area contributed by atoms with Gasteiger partial charge in [0.1, 0.15) is 18.0 Å². The number of anilines is 2. The van der Waals surface area contributed by atoms with Crippen LogP contribution in [0.25, 0.3) is 0 Å². The fraction of sp³-hybridized carbons (Fsp3) is 0.750. The fourth-order valence-corrected chi connectivity index (χ4v) is 2.96. The molecule has 1 atom stereocenters. The van der Waals surface area contributed by atoms with Gasteiger partial charge in [0, 0.05) is 32.2 Å². The number of nitrogens with zero attached hydrogens (tertiary/aromatic N) is 4. The number of hydrogen-bond donors (Lipinski definition) is 0. The normalized spacial score (nSPS) is 19.1. The Morgan fingerprint density at radius 3 is 2.65 bits per heavy atom. The third kappa shape index (κ3) is 3.84. The van der Waals surface area contributed by atoms with Crippen LogP contribution in [-0.2, 0) is 0 Å². The van der Waals surface area contributed by atoms with Crippen molar-refractivity contribution in [3.63, 3.8) is 0 Å². The maximum atomic E-state index is 4.49. The van der Waals surface area contributed by atoms with E-state index >= 15 is 0 Å². The van der Waals surface area contributed by atoms with Gasteiger partial charge in [0.15, 0.2) is 0 Å². The zero-order valence-electron chi connectivity index (χ0n) is 13.2. The molecule has 1 aromatic rings. The lowest BCUT2D eigenvalue weighted by atomic mass is 10.0. The minimum atomic E-state index is 0.768. The smallest absolute Gasteiger partial charge is 0.134 e. The van der Waals surface area contributed by atoms with Crippen molar-refractivity contribution < 1.29 is 0 Å². The van der Waals surface area contributed by atoms with Gasteiger partial charge in [-0.2, -0.15) is 0 Å². The molecule has 4 nitrogen and oxygen atoms in total. The maximum Gasteiger partial charge on any atom is 0.134 e. The topological polar surface area (TPSA) is 32.3 Å². The van der Waals surface area contributed by atoms with E-state index in [0.29, 0.717) is 0 Å². The van der Waals surface area contributed by atoms with E-state index in [4.69, 9.17) is 0 Å². The summed E-state index contributed by atoms with van der Waals surface area (Å²) in [6.45, 7) is 11.2. The van der Waals surface area contributed by atoms with Gasteiger partial charge in [-0.3, -0.25) is 0 Å². The van der Waals surface area contributed by atoms with Crippen LogP contribution in [0.3, 0.4) is 0 Å². The second kappa shape index (κ2) is 7.46. The molecule has 1 saturated heterocycles. The van der Waals surface area contributed by atoms with Crippen molar-refractivity contribution in [3.05, 3.63) is 12.4 Å². The van der Waals surface area contributed by atoms with Crippen LogP contribution >= 0.6 is 0 Å². The first-order valence-corrected chi connectivity index (χ1v) is 8.06. The molecule has 0 aromatic carbocycles. The highest BCUT2D eigenvalue weighted by Gasteiger charge is 2.18. The van der Waals surface area contributed by atoms with E-state index in [9.17, 15) is 0 Å². The molecule has 0 saturated carbocycles. The molecule has 1 aliphatic rings. The highest BCUT2D eigenvalue weighted by molar-refractivity contribution is 5.50. The lowest BCUT2D eigenvalue weighted by Crippen LogP contribution is -2.35. The Balaban J connectivity index is 2.13. The zero-order chi connectivity index (χ0) is 14.4. The van der Waals surface area contributed by atoms with Crippen LogP contribution in [0.1, 0.15) is 46.5 Å². The zero-order valence-corrected chi connectivity index (χ0v) is 13.2. The summed E-state index contributed by atoms with van der Waals surface area (Å²) >= 11 is 0. The molecule has 0 amide bonds. The molecule has 1 unspecified atom stereocenters. The van der Waals surface area contributed by atoms with Crippen LogP contribution in [-0.4, -0.2) is 36.1 Å². The number of hydrogen-bond acceptors (Lipinski definition) is 4. The molecule has 4 heteroatoms. The van der Waals surface area contributed by atoms with Crippen molar-refractivity contribution in [2.75, 3.05) is 36.0 Å². The number of piperidine rings is 1. The van der Waals surface area contributed by atoms with Crippen molar-refractivity contribution in [3.8, 4) is 0 Å². The quantitative estimate of drug-likeness (QED) is 0.797. The van der Waals surface area contributed by atoms with Crippen molar-refractivity contribution in [2.24, 2.45) is 5.92 Å². The molecular weight excluding hydrogens is 248 g/mol. The largest absolute Gasteiger partial charge is 0.356 e. The third-order valence-corrected chi connectivity index (χ3v) is 3.93. The summed E-state index contributed by atoms with van der Waals surface area (Å²) in [5.41, 5.74) is 0. The Bertz CT molecular complexity index is 381. The summed E-state index contributed by atoms with van der Waals surface area (Å²) in [6, 6.07) is 2.17. The first kappa shape index (κ1) is 15.1. The van der Waals surface area contributed by atoms with Gasteiger partial charge in [0.25, 0.3) is 0 Å². The molecule has 0 N–H and O–H groups in total. The SMILES string of the molecule is CCCN(CCC)c1cc(N2CCCC(C)C2)ncn1. The molecule has 0 aliphatic carbocycles. The van der Waals surface area contributed by atoms with Crippen LogP contribution in [0.2, 0.25) is 0 Å². The van der Waals surface area contributed by atoms with Crippen molar-refractivity contribution >= 4 is 11.6 Å². The molecule has 0 spiro atoms. The van der Waals surface area contributed by atoms with Gasteiger partial charge < -0.3 is 9.80 Å². The number of aromatic nitrogens is 2. The summed E-state index contributed by atoms with van der Waals surface area (Å²) in [5.74, 6) is 2.94. The molecule has 0 radical (unpaired) electrons. The van der Waals surface area contributed by atoms with Gasteiger partial charge in [0.05, 0.1) is 0 Å². The summed E-state index contributed by atoms with van der Waals surface area (Å²) in [6.07, 6.45) is 6.64. The average molecular weight is 276 g/mol. The molecule has 20 heavy (non-hydrogen) atoms. The predicted molar refractivity (Wildman–Crippen MR) is 85.4 cm³/mol. The fourth-order valence-electron chi connectivity index (χ4n) is 2.96. The van der Waals surface area contributed by atoms with Crippen LogP contribution in [0, 0.1) is 5.92 Å². The highest BCUT2D eigenvalue weighted by atomic mass is 15.2. The van der Waals surface area contributed by atoms with E-state index in [1.165, 1.54) is 12.8 Å². The molecule has 1 aliphatic heterocycles. The van der Waals surface area contributed by atoms with Gasteiger partial charge in [-0.1, -0.05) is 20.8 Å². The molecular formula is C16H28N4. The predicted octanol–water partition coefficient (Wildman–Crippen LogP) is 3.34. The Morgan fingerprint density at radius 1 is 1.25 bits per heavy atom. The summed E-state index contributed by atoms with van der Waals surface area (Å²) < 4.78 is 0. The Morgan fingerprint density at radius 2 is 2.00 bits per heavy atom. The molecule has 1 fully saturated rings. The summed E-state index contributed by atoms with van der Waals surface area (Å²) in [7, 11) is 0. The lowest BCUT2D eigenvalue weighted by molar-refractivity contribution is 0.444. The molecule has 0 bridgehead atoms. The van der Waals surface area contributed by atoms with Gasteiger partial charge in [0.2, 0.25) is 0 Å². The van der Waals surface area contributed by atoms with Crippen LogP contribution in [0.15, 0.2) is 12.4 Å². The van der Waals surface area contributed by atoms with Crippen molar-refractivity contribution in [1.82, 2.24) is 9.97 Å². The summed E-state index contributed by atoms with van der Waals surface area (Å²) in [4.78, 5) is 13.8. The maximum absolute atomic E-state index is 4.49. The first-order chi connectivity index (χ1) is 9.74. The lowest BCUT2D eigenvalue weighted by Gasteiger charge is -2.32. The van der Waals surface area contributed by atoms with Gasteiger partial charge in [-0.15, -0.1) is 0 Å². The molecule has 2 rings (SSSR count). The average Bonchev–Trinajstić information content (AvgIpc) is 2.47. The Kier molecular flexibility index (Phi) is 5.62. The molecule has 2 heterocycles.